The predicted molar refractivity (Wildman–Crippen MR) is 138 cm³/mol. The lowest BCUT2D eigenvalue weighted by Gasteiger charge is -2.36. The van der Waals surface area contributed by atoms with Crippen molar-refractivity contribution in [3.63, 3.8) is 0 Å². The van der Waals surface area contributed by atoms with Gasteiger partial charge in [0.1, 0.15) is 5.82 Å². The average molecular weight is 463 g/mol. The van der Waals surface area contributed by atoms with Crippen molar-refractivity contribution >= 4 is 17.6 Å². The fourth-order valence-electron chi connectivity index (χ4n) is 4.33. The number of piperazine rings is 1. The number of rotatable bonds is 9. The molecule has 0 saturated carbocycles. The maximum atomic E-state index is 14.3. The zero-order valence-electron chi connectivity index (χ0n) is 20.5. The van der Waals surface area contributed by atoms with Crippen LogP contribution >= 0.6 is 0 Å². The SMILES string of the molecule is CCCCc1ccc(-c2nc(N(CC)CC)nc(N3CCN(c4ccccc4F)CC3)n2)cc1. The molecular formula is C27H35FN6. The van der Waals surface area contributed by atoms with Crippen LogP contribution in [0.4, 0.5) is 22.0 Å². The van der Waals surface area contributed by atoms with Gasteiger partial charge in [-0.15, -0.1) is 0 Å². The van der Waals surface area contributed by atoms with Crippen LogP contribution in [0.25, 0.3) is 11.4 Å². The minimum absolute atomic E-state index is 0.176. The molecule has 7 heteroatoms. The van der Waals surface area contributed by atoms with E-state index in [4.69, 9.17) is 15.0 Å². The van der Waals surface area contributed by atoms with Gasteiger partial charge < -0.3 is 14.7 Å². The molecule has 6 nitrogen and oxygen atoms in total. The third kappa shape index (κ3) is 5.46. The van der Waals surface area contributed by atoms with Crippen molar-refractivity contribution in [2.75, 3.05) is 54.0 Å². The molecule has 0 unspecified atom stereocenters. The molecule has 1 aliphatic heterocycles. The molecule has 3 aromatic rings. The standard InChI is InChI=1S/C27H35FN6/c1-4-7-10-21-13-15-22(16-14-21)25-29-26(32(5-2)6-3)31-27(30-25)34-19-17-33(18-20-34)24-12-9-8-11-23(24)28/h8-9,11-16H,4-7,10,17-20H2,1-3H3. The molecule has 0 aliphatic carbocycles. The summed E-state index contributed by atoms with van der Waals surface area (Å²) in [7, 11) is 0. The molecule has 1 aromatic heterocycles. The van der Waals surface area contributed by atoms with E-state index in [0.29, 0.717) is 36.5 Å². The first-order chi connectivity index (χ1) is 16.6. The fraction of sp³-hybridized carbons (Fsp3) is 0.444. The second-order valence-corrected chi connectivity index (χ2v) is 8.66. The van der Waals surface area contributed by atoms with E-state index in [9.17, 15) is 4.39 Å². The minimum atomic E-state index is -0.176. The van der Waals surface area contributed by atoms with Gasteiger partial charge in [-0.3, -0.25) is 0 Å². The fourth-order valence-corrected chi connectivity index (χ4v) is 4.33. The van der Waals surface area contributed by atoms with Crippen molar-refractivity contribution in [2.45, 2.75) is 40.0 Å². The summed E-state index contributed by atoms with van der Waals surface area (Å²) in [6.45, 7) is 11.0. The highest BCUT2D eigenvalue weighted by Gasteiger charge is 2.23. The first kappa shape index (κ1) is 23.9. The lowest BCUT2D eigenvalue weighted by atomic mass is 10.1. The highest BCUT2D eigenvalue weighted by Crippen LogP contribution is 2.25. The van der Waals surface area contributed by atoms with Gasteiger partial charge in [0.25, 0.3) is 0 Å². The Balaban J connectivity index is 1.58. The summed E-state index contributed by atoms with van der Waals surface area (Å²) >= 11 is 0. The lowest BCUT2D eigenvalue weighted by Crippen LogP contribution is -2.47. The molecule has 34 heavy (non-hydrogen) atoms. The van der Waals surface area contributed by atoms with Crippen LogP contribution in [0, 0.1) is 5.82 Å². The van der Waals surface area contributed by atoms with E-state index in [0.717, 1.165) is 38.2 Å². The Kier molecular flexibility index (Phi) is 7.93. The van der Waals surface area contributed by atoms with Gasteiger partial charge in [0.2, 0.25) is 11.9 Å². The van der Waals surface area contributed by atoms with E-state index in [2.05, 4.69) is 59.7 Å². The van der Waals surface area contributed by atoms with Crippen molar-refractivity contribution < 1.29 is 4.39 Å². The molecule has 0 N–H and O–H groups in total. The van der Waals surface area contributed by atoms with Gasteiger partial charge in [0, 0.05) is 44.8 Å². The van der Waals surface area contributed by atoms with Gasteiger partial charge >= 0.3 is 0 Å². The monoisotopic (exact) mass is 462 g/mol. The number of aryl methyl sites for hydroxylation is 1. The summed E-state index contributed by atoms with van der Waals surface area (Å²) in [5.74, 6) is 1.92. The number of nitrogens with zero attached hydrogens (tertiary/aromatic N) is 6. The maximum Gasteiger partial charge on any atom is 0.230 e. The second kappa shape index (κ2) is 11.3. The zero-order valence-corrected chi connectivity index (χ0v) is 20.5. The molecule has 2 aromatic carbocycles. The van der Waals surface area contributed by atoms with E-state index in [1.165, 1.54) is 24.5 Å². The van der Waals surface area contributed by atoms with Gasteiger partial charge in [-0.25, -0.2) is 4.39 Å². The van der Waals surface area contributed by atoms with E-state index >= 15 is 0 Å². The van der Waals surface area contributed by atoms with Gasteiger partial charge in [0.15, 0.2) is 5.82 Å². The van der Waals surface area contributed by atoms with E-state index in [1.807, 2.05) is 12.1 Å². The number of para-hydroxylation sites is 1. The van der Waals surface area contributed by atoms with Crippen LogP contribution in [-0.4, -0.2) is 54.2 Å². The molecule has 0 amide bonds. The Labute approximate surface area is 202 Å². The smallest absolute Gasteiger partial charge is 0.230 e. The number of benzene rings is 2. The topological polar surface area (TPSA) is 48.4 Å². The van der Waals surface area contributed by atoms with Gasteiger partial charge in [-0.1, -0.05) is 49.7 Å². The van der Waals surface area contributed by atoms with Crippen molar-refractivity contribution in [3.05, 3.63) is 59.9 Å². The number of aromatic nitrogens is 3. The molecule has 0 atom stereocenters. The van der Waals surface area contributed by atoms with E-state index < -0.39 is 0 Å². The minimum Gasteiger partial charge on any atom is -0.366 e. The second-order valence-electron chi connectivity index (χ2n) is 8.66. The molecule has 0 radical (unpaired) electrons. The molecule has 0 bridgehead atoms. The molecule has 1 aliphatic rings. The van der Waals surface area contributed by atoms with Gasteiger partial charge in [-0.05, 0) is 44.4 Å². The quantitative estimate of drug-likeness (QED) is 0.436. The lowest BCUT2D eigenvalue weighted by molar-refractivity contribution is 0.593. The summed E-state index contributed by atoms with van der Waals surface area (Å²) in [5.41, 5.74) is 3.00. The highest BCUT2D eigenvalue weighted by molar-refractivity contribution is 5.59. The van der Waals surface area contributed by atoms with Gasteiger partial charge in [0.05, 0.1) is 5.69 Å². The van der Waals surface area contributed by atoms with E-state index in [1.54, 1.807) is 6.07 Å². The normalized spacial score (nSPS) is 13.9. The van der Waals surface area contributed by atoms with Crippen LogP contribution in [0.15, 0.2) is 48.5 Å². The molecular weight excluding hydrogens is 427 g/mol. The first-order valence-electron chi connectivity index (χ1n) is 12.5. The van der Waals surface area contributed by atoms with Crippen LogP contribution in [0.1, 0.15) is 39.2 Å². The van der Waals surface area contributed by atoms with Crippen LogP contribution in [0.2, 0.25) is 0 Å². The first-order valence-corrected chi connectivity index (χ1v) is 12.5. The Bertz CT molecular complexity index is 1060. The van der Waals surface area contributed by atoms with Crippen molar-refractivity contribution in [1.82, 2.24) is 15.0 Å². The summed E-state index contributed by atoms with van der Waals surface area (Å²) < 4.78 is 14.3. The number of unbranched alkanes of at least 4 members (excludes halogenated alkanes) is 1. The van der Waals surface area contributed by atoms with Crippen LogP contribution in [0.5, 0.6) is 0 Å². The predicted octanol–water partition coefficient (Wildman–Crippen LogP) is 5.19. The van der Waals surface area contributed by atoms with Crippen molar-refractivity contribution in [3.8, 4) is 11.4 Å². The Morgan fingerprint density at radius 2 is 1.50 bits per heavy atom. The number of hydrogen-bond donors (Lipinski definition) is 0. The van der Waals surface area contributed by atoms with Crippen molar-refractivity contribution in [2.24, 2.45) is 0 Å². The molecule has 4 rings (SSSR count). The highest BCUT2D eigenvalue weighted by atomic mass is 19.1. The average Bonchev–Trinajstić information content (AvgIpc) is 2.89. The molecule has 2 heterocycles. The Hall–Kier alpha value is -3.22. The largest absolute Gasteiger partial charge is 0.366 e. The number of anilines is 3. The Morgan fingerprint density at radius 1 is 0.824 bits per heavy atom. The zero-order chi connectivity index (χ0) is 23.9. The Morgan fingerprint density at radius 3 is 2.15 bits per heavy atom. The maximum absolute atomic E-state index is 14.3. The number of halogens is 1. The molecule has 1 fully saturated rings. The third-order valence-electron chi connectivity index (χ3n) is 6.44. The van der Waals surface area contributed by atoms with Crippen LogP contribution in [0.3, 0.4) is 0 Å². The molecule has 180 valence electrons. The van der Waals surface area contributed by atoms with Crippen LogP contribution < -0.4 is 14.7 Å². The summed E-state index contributed by atoms with van der Waals surface area (Å²) in [6.07, 6.45) is 3.48. The van der Waals surface area contributed by atoms with Gasteiger partial charge in [-0.2, -0.15) is 15.0 Å². The molecule has 1 saturated heterocycles. The third-order valence-corrected chi connectivity index (χ3v) is 6.44. The van der Waals surface area contributed by atoms with Crippen LogP contribution in [-0.2, 0) is 6.42 Å². The van der Waals surface area contributed by atoms with E-state index in [-0.39, 0.29) is 5.82 Å². The molecule has 0 spiro atoms. The summed E-state index contributed by atoms with van der Waals surface area (Å²) in [4.78, 5) is 21.0. The number of hydrogen-bond acceptors (Lipinski definition) is 6. The summed E-state index contributed by atoms with van der Waals surface area (Å²) in [5, 5.41) is 0. The summed E-state index contributed by atoms with van der Waals surface area (Å²) in [6, 6.07) is 15.6. The van der Waals surface area contributed by atoms with Crippen molar-refractivity contribution in [1.29, 1.82) is 0 Å².